The average molecular weight is 295 g/mol. The molecule has 2 aromatic heterocycles. The molecule has 2 aromatic rings. The van der Waals surface area contributed by atoms with E-state index in [0.717, 1.165) is 20.8 Å². The van der Waals surface area contributed by atoms with E-state index < -0.39 is 0 Å². The number of nitrogens with zero attached hydrogens (tertiary/aromatic N) is 3. The number of thiophene rings is 1. The van der Waals surface area contributed by atoms with Crippen molar-refractivity contribution in [3.8, 4) is 0 Å². The molecule has 0 aliphatic carbocycles. The molecule has 5 nitrogen and oxygen atoms in total. The van der Waals surface area contributed by atoms with Crippen LogP contribution in [0.15, 0.2) is 6.07 Å². The number of aromatic nitrogens is 2. The van der Waals surface area contributed by atoms with Crippen molar-refractivity contribution >= 4 is 27.5 Å². The molecule has 2 heterocycles. The van der Waals surface area contributed by atoms with Crippen molar-refractivity contribution in [2.75, 3.05) is 13.2 Å². The minimum Gasteiger partial charge on any atom is -0.396 e. The number of aliphatic hydroxyl groups is 1. The number of aryl methyl sites for hydroxylation is 2. The first-order chi connectivity index (χ1) is 9.45. The first kappa shape index (κ1) is 15.0. The van der Waals surface area contributed by atoms with Gasteiger partial charge in [-0.3, -0.25) is 9.48 Å². The lowest BCUT2D eigenvalue weighted by Gasteiger charge is -2.25. The van der Waals surface area contributed by atoms with Gasteiger partial charge in [-0.2, -0.15) is 5.10 Å². The highest BCUT2D eigenvalue weighted by Gasteiger charge is 2.22. The van der Waals surface area contributed by atoms with Gasteiger partial charge in [-0.05, 0) is 33.3 Å². The minimum absolute atomic E-state index is 0.0362. The van der Waals surface area contributed by atoms with Crippen LogP contribution in [0.25, 0.3) is 10.2 Å². The molecule has 6 heteroatoms. The highest BCUT2D eigenvalue weighted by atomic mass is 32.1. The van der Waals surface area contributed by atoms with Gasteiger partial charge in [-0.15, -0.1) is 11.3 Å². The molecule has 0 aromatic carbocycles. The molecular formula is C14H21N3O2S. The molecule has 1 amide bonds. The summed E-state index contributed by atoms with van der Waals surface area (Å²) in [5.41, 5.74) is 0.948. The molecule has 0 radical (unpaired) electrons. The second kappa shape index (κ2) is 5.93. The standard InChI is InChI=1S/C14H21N3O2S/c1-9(2)17(6-5-7-18)13(19)12-8-11-10(3)15-16(4)14(11)20-12/h8-9,18H,5-7H2,1-4H3. The summed E-state index contributed by atoms with van der Waals surface area (Å²) in [5, 5.41) is 14.4. The summed E-state index contributed by atoms with van der Waals surface area (Å²) in [6.07, 6.45) is 0.607. The van der Waals surface area contributed by atoms with Gasteiger partial charge in [0, 0.05) is 31.6 Å². The molecule has 0 saturated heterocycles. The van der Waals surface area contributed by atoms with Gasteiger partial charge in [0.15, 0.2) is 0 Å². The van der Waals surface area contributed by atoms with Gasteiger partial charge in [0.05, 0.1) is 10.6 Å². The van der Waals surface area contributed by atoms with Gasteiger partial charge in [0.1, 0.15) is 4.83 Å². The quantitative estimate of drug-likeness (QED) is 0.919. The Labute approximate surface area is 122 Å². The number of rotatable bonds is 5. The molecule has 0 unspecified atom stereocenters. The summed E-state index contributed by atoms with van der Waals surface area (Å²) in [6.45, 7) is 6.63. The van der Waals surface area contributed by atoms with Crippen molar-refractivity contribution in [3.63, 3.8) is 0 Å². The van der Waals surface area contributed by atoms with Crippen LogP contribution in [-0.4, -0.2) is 44.9 Å². The van der Waals surface area contributed by atoms with Crippen molar-refractivity contribution in [3.05, 3.63) is 16.6 Å². The number of carbonyl (C=O) groups excluding carboxylic acids is 1. The molecule has 110 valence electrons. The summed E-state index contributed by atoms with van der Waals surface area (Å²) < 4.78 is 1.82. The third kappa shape index (κ3) is 2.71. The van der Waals surface area contributed by atoms with E-state index in [1.54, 1.807) is 0 Å². The maximum absolute atomic E-state index is 12.6. The fraction of sp³-hybridized carbons (Fsp3) is 0.571. The molecule has 20 heavy (non-hydrogen) atoms. The van der Waals surface area contributed by atoms with Crippen LogP contribution in [0.5, 0.6) is 0 Å². The van der Waals surface area contributed by atoms with Crippen LogP contribution in [-0.2, 0) is 7.05 Å². The van der Waals surface area contributed by atoms with E-state index in [9.17, 15) is 4.79 Å². The summed E-state index contributed by atoms with van der Waals surface area (Å²) in [5.74, 6) is 0.0362. The Balaban J connectivity index is 2.31. The van der Waals surface area contributed by atoms with Crippen LogP contribution in [0.2, 0.25) is 0 Å². The first-order valence-corrected chi connectivity index (χ1v) is 7.62. The highest BCUT2D eigenvalue weighted by Crippen LogP contribution is 2.28. The lowest BCUT2D eigenvalue weighted by atomic mass is 10.2. The fourth-order valence-corrected chi connectivity index (χ4v) is 3.37. The third-order valence-corrected chi connectivity index (χ3v) is 4.54. The molecule has 0 aliphatic rings. The Morgan fingerprint density at radius 1 is 1.55 bits per heavy atom. The van der Waals surface area contributed by atoms with Gasteiger partial charge < -0.3 is 10.0 Å². The van der Waals surface area contributed by atoms with E-state index in [-0.39, 0.29) is 18.6 Å². The molecule has 0 atom stereocenters. The smallest absolute Gasteiger partial charge is 0.264 e. The first-order valence-electron chi connectivity index (χ1n) is 6.80. The van der Waals surface area contributed by atoms with Crippen LogP contribution in [0.1, 0.15) is 35.6 Å². The average Bonchev–Trinajstić information content (AvgIpc) is 2.92. The van der Waals surface area contributed by atoms with Gasteiger partial charge in [0.25, 0.3) is 5.91 Å². The van der Waals surface area contributed by atoms with E-state index in [4.69, 9.17) is 5.11 Å². The largest absolute Gasteiger partial charge is 0.396 e. The highest BCUT2D eigenvalue weighted by molar-refractivity contribution is 7.20. The number of aliphatic hydroxyl groups excluding tert-OH is 1. The molecular weight excluding hydrogens is 274 g/mol. The zero-order valence-electron chi connectivity index (χ0n) is 12.4. The van der Waals surface area contributed by atoms with Gasteiger partial charge in [0.2, 0.25) is 0 Å². The number of amides is 1. The third-order valence-electron chi connectivity index (χ3n) is 3.35. The molecule has 0 saturated carbocycles. The van der Waals surface area contributed by atoms with Crippen molar-refractivity contribution in [2.45, 2.75) is 33.2 Å². The Hall–Kier alpha value is -1.40. The lowest BCUT2D eigenvalue weighted by Crippen LogP contribution is -2.37. The normalized spacial score (nSPS) is 11.5. The van der Waals surface area contributed by atoms with Crippen molar-refractivity contribution in [1.29, 1.82) is 0 Å². The van der Waals surface area contributed by atoms with Crippen molar-refractivity contribution in [1.82, 2.24) is 14.7 Å². The fourth-order valence-electron chi connectivity index (χ4n) is 2.29. The monoisotopic (exact) mass is 295 g/mol. The molecule has 1 N–H and O–H groups in total. The zero-order chi connectivity index (χ0) is 14.9. The molecule has 0 fully saturated rings. The molecule has 0 bridgehead atoms. The van der Waals surface area contributed by atoms with Gasteiger partial charge in [-0.1, -0.05) is 0 Å². The summed E-state index contributed by atoms with van der Waals surface area (Å²) in [6, 6.07) is 2.05. The minimum atomic E-state index is 0.0362. The molecule has 0 aliphatic heterocycles. The maximum atomic E-state index is 12.6. The second-order valence-electron chi connectivity index (χ2n) is 5.21. The lowest BCUT2D eigenvalue weighted by molar-refractivity contribution is 0.0698. The van der Waals surface area contributed by atoms with Crippen LogP contribution < -0.4 is 0 Å². The van der Waals surface area contributed by atoms with Crippen LogP contribution in [0.3, 0.4) is 0 Å². The summed E-state index contributed by atoms with van der Waals surface area (Å²) >= 11 is 1.48. The number of fused-ring (bicyclic) bond motifs is 1. The molecule has 0 spiro atoms. The Morgan fingerprint density at radius 2 is 2.25 bits per heavy atom. The maximum Gasteiger partial charge on any atom is 0.264 e. The van der Waals surface area contributed by atoms with E-state index in [1.807, 2.05) is 43.5 Å². The Morgan fingerprint density at radius 3 is 2.80 bits per heavy atom. The van der Waals surface area contributed by atoms with Crippen molar-refractivity contribution < 1.29 is 9.90 Å². The predicted molar refractivity (Wildman–Crippen MR) is 81.2 cm³/mol. The van der Waals surface area contributed by atoms with E-state index in [1.165, 1.54) is 11.3 Å². The number of hydrogen-bond acceptors (Lipinski definition) is 4. The van der Waals surface area contributed by atoms with E-state index in [0.29, 0.717) is 13.0 Å². The Kier molecular flexibility index (Phi) is 4.45. The van der Waals surface area contributed by atoms with Gasteiger partial charge >= 0.3 is 0 Å². The number of hydrogen-bond donors (Lipinski definition) is 1. The summed E-state index contributed by atoms with van der Waals surface area (Å²) in [4.78, 5) is 16.2. The molecule has 2 rings (SSSR count). The van der Waals surface area contributed by atoms with E-state index in [2.05, 4.69) is 5.10 Å². The van der Waals surface area contributed by atoms with Gasteiger partial charge in [-0.25, -0.2) is 0 Å². The van der Waals surface area contributed by atoms with Crippen LogP contribution >= 0.6 is 11.3 Å². The summed E-state index contributed by atoms with van der Waals surface area (Å²) in [7, 11) is 1.89. The second-order valence-corrected chi connectivity index (χ2v) is 6.24. The SMILES string of the molecule is Cc1nn(C)c2sc(C(=O)N(CCCO)C(C)C)cc12. The van der Waals surface area contributed by atoms with Crippen LogP contribution in [0, 0.1) is 6.92 Å². The predicted octanol–water partition coefficient (Wildman–Crippen LogP) is 2.18. The van der Waals surface area contributed by atoms with Crippen molar-refractivity contribution in [2.24, 2.45) is 7.05 Å². The van der Waals surface area contributed by atoms with E-state index >= 15 is 0 Å². The van der Waals surface area contributed by atoms with Crippen LogP contribution in [0.4, 0.5) is 0 Å². The zero-order valence-corrected chi connectivity index (χ0v) is 13.2. The Bertz CT molecular complexity index is 581. The topological polar surface area (TPSA) is 58.4 Å². The number of carbonyl (C=O) groups is 1.